The van der Waals surface area contributed by atoms with Gasteiger partial charge in [-0.2, -0.15) is 0 Å². The second-order valence-corrected chi connectivity index (χ2v) is 2.66. The van der Waals surface area contributed by atoms with Crippen molar-refractivity contribution in [2.24, 2.45) is 5.73 Å². The van der Waals surface area contributed by atoms with Gasteiger partial charge in [0.05, 0.1) is 11.4 Å². The SMILES string of the molecule is Cc1nccnc1C(C)CN. The van der Waals surface area contributed by atoms with Crippen molar-refractivity contribution in [3.63, 3.8) is 0 Å². The standard InChI is InChI=1S/C8H13N3/c1-6(5-9)8-7(2)10-3-4-11-8/h3-4,6H,5,9H2,1-2H3. The highest BCUT2D eigenvalue weighted by Gasteiger charge is 2.07. The van der Waals surface area contributed by atoms with E-state index in [1.807, 2.05) is 6.92 Å². The summed E-state index contributed by atoms with van der Waals surface area (Å²) in [5, 5.41) is 0. The summed E-state index contributed by atoms with van der Waals surface area (Å²) < 4.78 is 0. The fourth-order valence-corrected chi connectivity index (χ4v) is 1.01. The van der Waals surface area contributed by atoms with Crippen LogP contribution >= 0.6 is 0 Å². The number of nitrogens with zero attached hydrogens (tertiary/aromatic N) is 2. The molecule has 1 atom stereocenters. The zero-order valence-electron chi connectivity index (χ0n) is 6.91. The monoisotopic (exact) mass is 151 g/mol. The van der Waals surface area contributed by atoms with Crippen LogP contribution < -0.4 is 5.73 Å². The smallest absolute Gasteiger partial charge is 0.0656 e. The summed E-state index contributed by atoms with van der Waals surface area (Å²) in [6, 6.07) is 0. The van der Waals surface area contributed by atoms with Crippen molar-refractivity contribution in [3.8, 4) is 0 Å². The van der Waals surface area contributed by atoms with E-state index < -0.39 is 0 Å². The average molecular weight is 151 g/mol. The van der Waals surface area contributed by atoms with Crippen LogP contribution in [-0.2, 0) is 0 Å². The Kier molecular flexibility index (Phi) is 2.54. The van der Waals surface area contributed by atoms with Crippen molar-refractivity contribution in [2.75, 3.05) is 6.54 Å². The minimum atomic E-state index is 0.309. The van der Waals surface area contributed by atoms with Gasteiger partial charge in [0.2, 0.25) is 0 Å². The van der Waals surface area contributed by atoms with Crippen LogP contribution in [0.5, 0.6) is 0 Å². The maximum absolute atomic E-state index is 5.51. The van der Waals surface area contributed by atoms with Gasteiger partial charge in [0.25, 0.3) is 0 Å². The molecule has 0 amide bonds. The summed E-state index contributed by atoms with van der Waals surface area (Å²) in [5.41, 5.74) is 7.49. The third-order valence-corrected chi connectivity index (χ3v) is 1.74. The lowest BCUT2D eigenvalue weighted by atomic mass is 10.1. The van der Waals surface area contributed by atoms with Gasteiger partial charge in [-0.15, -0.1) is 0 Å². The first-order valence-corrected chi connectivity index (χ1v) is 3.73. The number of aryl methyl sites for hydroxylation is 1. The van der Waals surface area contributed by atoms with Crippen LogP contribution in [0.4, 0.5) is 0 Å². The lowest BCUT2D eigenvalue weighted by Gasteiger charge is -2.08. The molecule has 1 rings (SSSR count). The van der Waals surface area contributed by atoms with E-state index >= 15 is 0 Å². The number of hydrogen-bond donors (Lipinski definition) is 1. The lowest BCUT2D eigenvalue weighted by Crippen LogP contribution is -2.12. The van der Waals surface area contributed by atoms with Crippen molar-refractivity contribution < 1.29 is 0 Å². The predicted octanol–water partition coefficient (Wildman–Crippen LogP) is 0.847. The number of aromatic nitrogens is 2. The molecular formula is C8H13N3. The molecule has 1 aromatic heterocycles. The molecule has 0 radical (unpaired) electrons. The van der Waals surface area contributed by atoms with Gasteiger partial charge < -0.3 is 5.73 Å². The second-order valence-electron chi connectivity index (χ2n) is 2.66. The molecule has 0 bridgehead atoms. The van der Waals surface area contributed by atoms with Gasteiger partial charge in [0.1, 0.15) is 0 Å². The highest BCUT2D eigenvalue weighted by Crippen LogP contribution is 2.12. The van der Waals surface area contributed by atoms with Gasteiger partial charge >= 0.3 is 0 Å². The van der Waals surface area contributed by atoms with E-state index in [9.17, 15) is 0 Å². The zero-order chi connectivity index (χ0) is 8.27. The summed E-state index contributed by atoms with van der Waals surface area (Å²) in [5.74, 6) is 0.309. The lowest BCUT2D eigenvalue weighted by molar-refractivity contribution is 0.728. The Hall–Kier alpha value is -0.960. The van der Waals surface area contributed by atoms with E-state index in [1.54, 1.807) is 12.4 Å². The summed E-state index contributed by atoms with van der Waals surface area (Å²) >= 11 is 0. The number of hydrogen-bond acceptors (Lipinski definition) is 3. The highest BCUT2D eigenvalue weighted by molar-refractivity contribution is 5.13. The Morgan fingerprint density at radius 1 is 1.45 bits per heavy atom. The largest absolute Gasteiger partial charge is 0.330 e. The van der Waals surface area contributed by atoms with Crippen molar-refractivity contribution in [1.29, 1.82) is 0 Å². The molecule has 0 saturated carbocycles. The van der Waals surface area contributed by atoms with E-state index in [0.29, 0.717) is 12.5 Å². The zero-order valence-corrected chi connectivity index (χ0v) is 6.91. The first kappa shape index (κ1) is 8.14. The fourth-order valence-electron chi connectivity index (χ4n) is 1.01. The van der Waals surface area contributed by atoms with E-state index in [4.69, 9.17) is 5.73 Å². The maximum atomic E-state index is 5.51. The Labute approximate surface area is 66.7 Å². The number of nitrogens with two attached hydrogens (primary N) is 1. The third-order valence-electron chi connectivity index (χ3n) is 1.74. The molecule has 3 heteroatoms. The highest BCUT2D eigenvalue weighted by atomic mass is 14.8. The normalized spacial score (nSPS) is 13.0. The van der Waals surface area contributed by atoms with Crippen LogP contribution in [0.1, 0.15) is 24.2 Å². The van der Waals surface area contributed by atoms with Gasteiger partial charge in [-0.05, 0) is 6.92 Å². The molecule has 0 aromatic carbocycles. The summed E-state index contributed by atoms with van der Waals surface area (Å²) in [7, 11) is 0. The second kappa shape index (κ2) is 3.44. The number of rotatable bonds is 2. The molecule has 3 nitrogen and oxygen atoms in total. The van der Waals surface area contributed by atoms with Crippen molar-refractivity contribution >= 4 is 0 Å². The van der Waals surface area contributed by atoms with E-state index in [1.165, 1.54) is 0 Å². The van der Waals surface area contributed by atoms with E-state index in [0.717, 1.165) is 11.4 Å². The van der Waals surface area contributed by atoms with Crippen molar-refractivity contribution in [1.82, 2.24) is 9.97 Å². The van der Waals surface area contributed by atoms with Crippen molar-refractivity contribution in [3.05, 3.63) is 23.8 Å². The Morgan fingerprint density at radius 3 is 2.64 bits per heavy atom. The van der Waals surface area contributed by atoms with Crippen molar-refractivity contribution in [2.45, 2.75) is 19.8 Å². The van der Waals surface area contributed by atoms with Gasteiger partial charge in [0.15, 0.2) is 0 Å². The van der Waals surface area contributed by atoms with Gasteiger partial charge in [0, 0.05) is 24.9 Å². The first-order valence-electron chi connectivity index (χ1n) is 3.73. The molecule has 0 aliphatic heterocycles. The van der Waals surface area contributed by atoms with Crippen LogP contribution in [0.2, 0.25) is 0 Å². The Morgan fingerprint density at radius 2 is 2.09 bits per heavy atom. The molecule has 0 saturated heterocycles. The molecule has 0 aliphatic carbocycles. The van der Waals surface area contributed by atoms with Crippen LogP contribution in [0.25, 0.3) is 0 Å². The molecule has 1 unspecified atom stereocenters. The van der Waals surface area contributed by atoms with Crippen LogP contribution in [-0.4, -0.2) is 16.5 Å². The summed E-state index contributed by atoms with van der Waals surface area (Å²) in [4.78, 5) is 8.34. The molecule has 0 aliphatic rings. The predicted molar refractivity (Wildman–Crippen MR) is 44.2 cm³/mol. The molecule has 60 valence electrons. The van der Waals surface area contributed by atoms with Gasteiger partial charge in [-0.3, -0.25) is 9.97 Å². The van der Waals surface area contributed by atoms with Crippen LogP contribution in [0.15, 0.2) is 12.4 Å². The minimum absolute atomic E-state index is 0.309. The molecule has 0 fully saturated rings. The topological polar surface area (TPSA) is 51.8 Å². The molecule has 0 spiro atoms. The van der Waals surface area contributed by atoms with E-state index in [-0.39, 0.29) is 0 Å². The first-order chi connectivity index (χ1) is 5.25. The third kappa shape index (κ3) is 1.74. The summed E-state index contributed by atoms with van der Waals surface area (Å²) in [6.45, 7) is 4.63. The quantitative estimate of drug-likeness (QED) is 0.681. The molecule has 1 heterocycles. The van der Waals surface area contributed by atoms with Gasteiger partial charge in [-0.25, -0.2) is 0 Å². The Balaban J connectivity index is 2.93. The maximum Gasteiger partial charge on any atom is 0.0656 e. The molecule has 11 heavy (non-hydrogen) atoms. The molecule has 1 aromatic rings. The summed E-state index contributed by atoms with van der Waals surface area (Å²) in [6.07, 6.45) is 3.40. The van der Waals surface area contributed by atoms with Gasteiger partial charge in [-0.1, -0.05) is 6.92 Å². The van der Waals surface area contributed by atoms with Crippen LogP contribution in [0, 0.1) is 6.92 Å². The average Bonchev–Trinajstić information content (AvgIpc) is 2.04. The molecular weight excluding hydrogens is 138 g/mol. The minimum Gasteiger partial charge on any atom is -0.330 e. The fraction of sp³-hybridized carbons (Fsp3) is 0.500. The van der Waals surface area contributed by atoms with E-state index in [2.05, 4.69) is 16.9 Å². The Bertz CT molecular complexity index is 235. The van der Waals surface area contributed by atoms with Crippen LogP contribution in [0.3, 0.4) is 0 Å². The molecule has 2 N–H and O–H groups in total.